The van der Waals surface area contributed by atoms with Crippen LogP contribution >= 0.6 is 22.9 Å². The highest BCUT2D eigenvalue weighted by molar-refractivity contribution is 7.16. The third-order valence-electron chi connectivity index (χ3n) is 2.80. The van der Waals surface area contributed by atoms with Gasteiger partial charge in [-0.05, 0) is 31.2 Å². The maximum absolute atomic E-state index is 12.3. The summed E-state index contributed by atoms with van der Waals surface area (Å²) in [6, 6.07) is 9.32. The summed E-state index contributed by atoms with van der Waals surface area (Å²) in [7, 11) is 0. The number of nitrogens with one attached hydrogen (secondary N) is 1. The van der Waals surface area contributed by atoms with Gasteiger partial charge >= 0.3 is 0 Å². The molecule has 1 heterocycles. The summed E-state index contributed by atoms with van der Waals surface area (Å²) < 4.78 is 0.712. The third kappa shape index (κ3) is 4.33. The second-order valence-electron chi connectivity index (χ2n) is 4.44. The Morgan fingerprint density at radius 3 is 2.86 bits per heavy atom. The SMILES string of the molecule is Cc1ccc(C#CCN)c(C(=O)NCc2ccc(Cl)s2)c1. The number of benzene rings is 1. The van der Waals surface area contributed by atoms with E-state index < -0.39 is 0 Å². The van der Waals surface area contributed by atoms with E-state index in [1.165, 1.54) is 11.3 Å². The Hall–Kier alpha value is -1.80. The van der Waals surface area contributed by atoms with Crippen molar-refractivity contribution in [3.05, 3.63) is 56.2 Å². The Morgan fingerprint density at radius 1 is 1.38 bits per heavy atom. The minimum absolute atomic E-state index is 0.149. The molecule has 108 valence electrons. The molecule has 0 saturated heterocycles. The molecule has 0 radical (unpaired) electrons. The molecule has 0 aliphatic heterocycles. The van der Waals surface area contributed by atoms with Crippen LogP contribution in [0.4, 0.5) is 0 Å². The highest BCUT2D eigenvalue weighted by atomic mass is 35.5. The van der Waals surface area contributed by atoms with Gasteiger partial charge in [-0.15, -0.1) is 11.3 Å². The normalized spacial score (nSPS) is 9.86. The van der Waals surface area contributed by atoms with Gasteiger partial charge in [-0.2, -0.15) is 0 Å². The van der Waals surface area contributed by atoms with Crippen molar-refractivity contribution in [2.45, 2.75) is 13.5 Å². The molecule has 0 bridgehead atoms. The minimum Gasteiger partial charge on any atom is -0.347 e. The van der Waals surface area contributed by atoms with Gasteiger partial charge in [0, 0.05) is 10.4 Å². The fourth-order valence-corrected chi connectivity index (χ4v) is 2.84. The number of nitrogens with two attached hydrogens (primary N) is 1. The molecule has 3 nitrogen and oxygen atoms in total. The van der Waals surface area contributed by atoms with Crippen molar-refractivity contribution in [1.29, 1.82) is 0 Å². The van der Waals surface area contributed by atoms with Crippen molar-refractivity contribution < 1.29 is 4.79 Å². The van der Waals surface area contributed by atoms with Crippen LogP contribution in [-0.4, -0.2) is 12.5 Å². The standard InChI is InChI=1S/C16H15ClN2OS/c1-11-4-5-12(3-2-8-18)14(9-11)16(20)19-10-13-6-7-15(17)21-13/h4-7,9H,8,10,18H2,1H3,(H,19,20). The molecule has 0 aliphatic carbocycles. The molecule has 3 N–H and O–H groups in total. The summed E-state index contributed by atoms with van der Waals surface area (Å²) in [5.74, 6) is 5.56. The molecule has 2 rings (SSSR count). The van der Waals surface area contributed by atoms with Crippen LogP contribution in [0.15, 0.2) is 30.3 Å². The maximum Gasteiger partial charge on any atom is 0.252 e. The first-order chi connectivity index (χ1) is 10.1. The monoisotopic (exact) mass is 318 g/mol. The first kappa shape index (κ1) is 15.6. The second-order valence-corrected chi connectivity index (χ2v) is 6.24. The zero-order valence-corrected chi connectivity index (χ0v) is 13.1. The van der Waals surface area contributed by atoms with E-state index in [4.69, 9.17) is 17.3 Å². The Kier molecular flexibility index (Phi) is 5.40. The molecule has 1 aromatic carbocycles. The molecule has 1 amide bonds. The van der Waals surface area contributed by atoms with E-state index in [2.05, 4.69) is 17.2 Å². The highest BCUT2D eigenvalue weighted by Gasteiger charge is 2.11. The van der Waals surface area contributed by atoms with E-state index in [-0.39, 0.29) is 12.5 Å². The number of hydrogen-bond donors (Lipinski definition) is 2. The fourth-order valence-electron chi connectivity index (χ4n) is 1.81. The van der Waals surface area contributed by atoms with Crippen LogP contribution in [0, 0.1) is 18.8 Å². The zero-order chi connectivity index (χ0) is 15.2. The molecule has 0 atom stereocenters. The van der Waals surface area contributed by atoms with E-state index in [1.54, 1.807) is 0 Å². The lowest BCUT2D eigenvalue weighted by Crippen LogP contribution is -2.23. The molecular weight excluding hydrogens is 304 g/mol. The lowest BCUT2D eigenvalue weighted by atomic mass is 10.0. The highest BCUT2D eigenvalue weighted by Crippen LogP contribution is 2.21. The number of hydrogen-bond acceptors (Lipinski definition) is 3. The average Bonchev–Trinajstić information content (AvgIpc) is 2.89. The van der Waals surface area contributed by atoms with E-state index in [0.717, 1.165) is 10.4 Å². The minimum atomic E-state index is -0.149. The van der Waals surface area contributed by atoms with Crippen LogP contribution in [0.25, 0.3) is 0 Å². The van der Waals surface area contributed by atoms with Gasteiger partial charge < -0.3 is 11.1 Å². The molecular formula is C16H15ClN2OS. The van der Waals surface area contributed by atoms with Gasteiger partial charge in [0.05, 0.1) is 23.0 Å². The molecule has 0 spiro atoms. The Labute approximate surface area is 133 Å². The number of amides is 1. The summed E-state index contributed by atoms with van der Waals surface area (Å²) in [6.07, 6.45) is 0. The second kappa shape index (κ2) is 7.28. The van der Waals surface area contributed by atoms with Crippen LogP contribution in [0.2, 0.25) is 4.34 Å². The van der Waals surface area contributed by atoms with Crippen molar-refractivity contribution in [3.8, 4) is 11.8 Å². The predicted octanol–water partition coefficient (Wildman–Crippen LogP) is 2.95. The van der Waals surface area contributed by atoms with Crippen LogP contribution in [-0.2, 0) is 6.54 Å². The lowest BCUT2D eigenvalue weighted by Gasteiger charge is -2.07. The number of carbonyl (C=O) groups is 1. The molecule has 1 aromatic heterocycles. The summed E-state index contributed by atoms with van der Waals surface area (Å²) in [5.41, 5.74) is 7.65. The smallest absolute Gasteiger partial charge is 0.252 e. The molecule has 0 saturated carbocycles. The molecule has 2 aromatic rings. The zero-order valence-electron chi connectivity index (χ0n) is 11.6. The molecule has 0 fully saturated rings. The Morgan fingerprint density at radius 2 is 2.19 bits per heavy atom. The van der Waals surface area contributed by atoms with Gasteiger partial charge in [-0.25, -0.2) is 0 Å². The van der Waals surface area contributed by atoms with E-state index >= 15 is 0 Å². The number of carbonyl (C=O) groups excluding carboxylic acids is 1. The first-order valence-electron chi connectivity index (χ1n) is 6.42. The lowest BCUT2D eigenvalue weighted by molar-refractivity contribution is 0.0951. The first-order valence-corrected chi connectivity index (χ1v) is 7.61. The van der Waals surface area contributed by atoms with Gasteiger partial charge in [-0.1, -0.05) is 35.1 Å². The van der Waals surface area contributed by atoms with Gasteiger partial charge in [0.1, 0.15) is 0 Å². The Balaban J connectivity index is 2.15. The number of thiophene rings is 1. The van der Waals surface area contributed by atoms with Crippen molar-refractivity contribution >= 4 is 28.8 Å². The van der Waals surface area contributed by atoms with E-state index in [1.807, 2.05) is 37.3 Å². The Bertz CT molecular complexity index is 713. The van der Waals surface area contributed by atoms with Crippen molar-refractivity contribution in [2.75, 3.05) is 6.54 Å². The molecule has 5 heteroatoms. The fraction of sp³-hybridized carbons (Fsp3) is 0.188. The summed E-state index contributed by atoms with van der Waals surface area (Å²) >= 11 is 7.32. The number of halogens is 1. The topological polar surface area (TPSA) is 55.1 Å². The molecule has 0 unspecified atom stereocenters. The molecule has 0 aliphatic rings. The van der Waals surface area contributed by atoms with Gasteiger partial charge in [0.2, 0.25) is 0 Å². The predicted molar refractivity (Wildman–Crippen MR) is 87.6 cm³/mol. The summed E-state index contributed by atoms with van der Waals surface area (Å²) in [4.78, 5) is 13.3. The van der Waals surface area contributed by atoms with Gasteiger partial charge in [0.15, 0.2) is 0 Å². The van der Waals surface area contributed by atoms with Gasteiger partial charge in [0.25, 0.3) is 5.91 Å². The average molecular weight is 319 g/mol. The van der Waals surface area contributed by atoms with Crippen molar-refractivity contribution in [2.24, 2.45) is 5.73 Å². The van der Waals surface area contributed by atoms with Gasteiger partial charge in [-0.3, -0.25) is 4.79 Å². The quantitative estimate of drug-likeness (QED) is 0.855. The largest absolute Gasteiger partial charge is 0.347 e. The van der Waals surface area contributed by atoms with Crippen LogP contribution in [0.5, 0.6) is 0 Å². The number of aryl methyl sites for hydroxylation is 1. The third-order valence-corrected chi connectivity index (χ3v) is 4.03. The van der Waals surface area contributed by atoms with Crippen LogP contribution < -0.4 is 11.1 Å². The van der Waals surface area contributed by atoms with Crippen molar-refractivity contribution in [1.82, 2.24) is 5.32 Å². The van der Waals surface area contributed by atoms with E-state index in [0.29, 0.717) is 22.0 Å². The van der Waals surface area contributed by atoms with E-state index in [9.17, 15) is 4.79 Å². The van der Waals surface area contributed by atoms with Crippen LogP contribution in [0.3, 0.4) is 0 Å². The summed E-state index contributed by atoms with van der Waals surface area (Å²) in [5, 5.41) is 2.89. The van der Waals surface area contributed by atoms with Crippen molar-refractivity contribution in [3.63, 3.8) is 0 Å². The number of rotatable bonds is 3. The van der Waals surface area contributed by atoms with Crippen LogP contribution in [0.1, 0.15) is 26.4 Å². The maximum atomic E-state index is 12.3. The molecule has 21 heavy (non-hydrogen) atoms. The summed E-state index contributed by atoms with van der Waals surface area (Å²) in [6.45, 7) is 2.66.